The predicted octanol–water partition coefficient (Wildman–Crippen LogP) is -3.39. The minimum atomic E-state index is -1.29. The van der Waals surface area contributed by atoms with Crippen LogP contribution < -0.4 is 17.2 Å². The Hall–Kier alpha value is -2.26. The summed E-state index contributed by atoms with van der Waals surface area (Å²) in [6, 6.07) is -3.87. The van der Waals surface area contributed by atoms with E-state index in [1.165, 1.54) is 0 Å². The third-order valence-electron chi connectivity index (χ3n) is 2.14. The molecule has 0 aliphatic carbocycles. The van der Waals surface area contributed by atoms with E-state index in [9.17, 15) is 28.8 Å². The van der Waals surface area contributed by atoms with Gasteiger partial charge in [0.25, 0.3) is 0 Å². The van der Waals surface area contributed by atoms with Crippen molar-refractivity contribution in [3.63, 3.8) is 0 Å². The van der Waals surface area contributed by atoms with Crippen LogP contribution in [0.3, 0.4) is 0 Å². The predicted molar refractivity (Wildman–Crippen MR) is 83.6 cm³/mol. The Morgan fingerprint density at radius 2 is 0.621 bits per heavy atom. The zero-order chi connectivity index (χ0) is 22.3. The van der Waals surface area contributed by atoms with Gasteiger partial charge in [-0.3, -0.25) is 28.8 Å². The Labute approximate surface area is 184 Å². The molecule has 17 heteroatoms. The van der Waals surface area contributed by atoms with Gasteiger partial charge in [-0.2, -0.15) is 0 Å². The van der Waals surface area contributed by atoms with Gasteiger partial charge in [0.2, 0.25) is 0 Å². The van der Waals surface area contributed by atoms with Crippen LogP contribution in [-0.4, -0.2) is 84.6 Å². The molecular formula is C12H21Fe2N3O12. The summed E-state index contributed by atoms with van der Waals surface area (Å²) in [5.41, 5.74) is 14.5. The van der Waals surface area contributed by atoms with Crippen LogP contribution in [0.2, 0.25) is 0 Å². The molecule has 0 aromatic rings. The van der Waals surface area contributed by atoms with Crippen molar-refractivity contribution >= 4 is 35.8 Å². The average molecular weight is 511 g/mol. The topological polar surface area (TPSA) is 302 Å². The normalized spacial score (nSPS) is 11.7. The number of hydrogen-bond donors (Lipinski definition) is 9. The van der Waals surface area contributed by atoms with Crippen molar-refractivity contribution in [2.24, 2.45) is 17.2 Å². The zero-order valence-electron chi connectivity index (χ0n) is 14.4. The fourth-order valence-electron chi connectivity index (χ4n) is 0.826. The van der Waals surface area contributed by atoms with Crippen LogP contribution in [0.1, 0.15) is 19.3 Å². The molecule has 172 valence electrons. The second-order valence-corrected chi connectivity index (χ2v) is 4.63. The summed E-state index contributed by atoms with van der Waals surface area (Å²) >= 11 is 0. The molecule has 0 amide bonds. The molecule has 0 bridgehead atoms. The summed E-state index contributed by atoms with van der Waals surface area (Å²) in [5.74, 6) is -7.49. The molecule has 0 aromatic heterocycles. The van der Waals surface area contributed by atoms with Gasteiger partial charge in [0, 0.05) is 34.1 Å². The van der Waals surface area contributed by atoms with Gasteiger partial charge in [-0.25, -0.2) is 0 Å². The van der Waals surface area contributed by atoms with Crippen molar-refractivity contribution in [3.05, 3.63) is 0 Å². The Morgan fingerprint density at radius 3 is 0.655 bits per heavy atom. The Kier molecular flexibility index (Phi) is 26.5. The molecule has 0 spiro atoms. The number of hydrogen-bond acceptors (Lipinski definition) is 9. The summed E-state index contributed by atoms with van der Waals surface area (Å²) in [6.07, 6.45) is -1.60. The van der Waals surface area contributed by atoms with Crippen molar-refractivity contribution < 1.29 is 93.5 Å². The van der Waals surface area contributed by atoms with Crippen molar-refractivity contribution in [1.29, 1.82) is 0 Å². The van der Waals surface area contributed by atoms with E-state index in [0.717, 1.165) is 0 Å². The number of carbonyl (C=O) groups is 6. The molecule has 15 nitrogen and oxygen atoms in total. The van der Waals surface area contributed by atoms with Crippen LogP contribution in [0.25, 0.3) is 0 Å². The first-order chi connectivity index (χ1) is 12.1. The maximum atomic E-state index is 9.85. The van der Waals surface area contributed by atoms with Crippen LogP contribution in [0.15, 0.2) is 0 Å². The summed E-state index contributed by atoms with van der Waals surface area (Å²) in [6.45, 7) is 0. The first-order valence-corrected chi connectivity index (χ1v) is 6.72. The quantitative estimate of drug-likeness (QED) is 0.136. The summed E-state index contributed by atoms with van der Waals surface area (Å²) < 4.78 is 0. The third-order valence-corrected chi connectivity index (χ3v) is 2.14. The third kappa shape index (κ3) is 30.7. The van der Waals surface area contributed by atoms with Gasteiger partial charge in [0.05, 0.1) is 19.3 Å². The average Bonchev–Trinajstić information content (AvgIpc) is 2.46. The second kappa shape index (κ2) is 20.5. The minimum Gasteiger partial charge on any atom is -0.481 e. The van der Waals surface area contributed by atoms with E-state index in [4.69, 9.17) is 47.8 Å². The number of rotatable bonds is 9. The van der Waals surface area contributed by atoms with Crippen LogP contribution in [0.5, 0.6) is 0 Å². The van der Waals surface area contributed by atoms with E-state index in [1.807, 2.05) is 0 Å². The number of carboxylic acid groups (broad SMARTS) is 6. The Bertz CT molecular complexity index is 484. The molecular weight excluding hydrogens is 490 g/mol. The second-order valence-electron chi connectivity index (χ2n) is 4.63. The van der Waals surface area contributed by atoms with Gasteiger partial charge in [-0.1, -0.05) is 0 Å². The van der Waals surface area contributed by atoms with Gasteiger partial charge >= 0.3 is 35.8 Å². The van der Waals surface area contributed by atoms with E-state index >= 15 is 0 Å². The number of nitrogens with two attached hydrogens (primary N) is 3. The Balaban J connectivity index is -0.0000000960. The van der Waals surface area contributed by atoms with Gasteiger partial charge in [-0.15, -0.1) is 0 Å². The van der Waals surface area contributed by atoms with Crippen molar-refractivity contribution in [1.82, 2.24) is 0 Å². The molecule has 0 rings (SSSR count). The van der Waals surface area contributed by atoms with Crippen molar-refractivity contribution in [3.8, 4) is 0 Å². The van der Waals surface area contributed by atoms with E-state index in [-0.39, 0.29) is 34.1 Å². The summed E-state index contributed by atoms with van der Waals surface area (Å²) in [4.78, 5) is 58.9. The minimum absolute atomic E-state index is 0. The van der Waals surface area contributed by atoms with Gasteiger partial charge in [0.1, 0.15) is 18.1 Å². The summed E-state index contributed by atoms with van der Waals surface area (Å²) in [5, 5.41) is 48.1. The largest absolute Gasteiger partial charge is 0.481 e. The molecule has 0 aliphatic rings. The van der Waals surface area contributed by atoms with Crippen LogP contribution >= 0.6 is 0 Å². The molecule has 0 radical (unpaired) electrons. The van der Waals surface area contributed by atoms with E-state index in [0.29, 0.717) is 0 Å². The van der Waals surface area contributed by atoms with Crippen LogP contribution in [0, 0.1) is 0 Å². The van der Waals surface area contributed by atoms with E-state index < -0.39 is 73.2 Å². The molecule has 0 saturated heterocycles. The smallest absolute Gasteiger partial charge is 0.321 e. The molecule has 0 aromatic carbocycles. The van der Waals surface area contributed by atoms with Crippen LogP contribution in [-0.2, 0) is 62.9 Å². The molecule has 12 N–H and O–H groups in total. The monoisotopic (exact) mass is 511 g/mol. The maximum absolute atomic E-state index is 9.85. The summed E-state index contributed by atoms with van der Waals surface area (Å²) in [7, 11) is 0. The van der Waals surface area contributed by atoms with Gasteiger partial charge < -0.3 is 47.8 Å². The molecule has 3 unspecified atom stereocenters. The zero-order valence-corrected chi connectivity index (χ0v) is 16.6. The van der Waals surface area contributed by atoms with E-state index in [2.05, 4.69) is 0 Å². The first kappa shape index (κ1) is 37.5. The molecule has 0 saturated carbocycles. The van der Waals surface area contributed by atoms with Crippen molar-refractivity contribution in [2.45, 2.75) is 37.4 Å². The van der Waals surface area contributed by atoms with E-state index in [1.54, 1.807) is 0 Å². The molecule has 0 heterocycles. The van der Waals surface area contributed by atoms with Gasteiger partial charge in [0.15, 0.2) is 0 Å². The molecule has 0 fully saturated rings. The van der Waals surface area contributed by atoms with Gasteiger partial charge in [-0.05, 0) is 0 Å². The van der Waals surface area contributed by atoms with Crippen LogP contribution in [0.4, 0.5) is 0 Å². The number of carboxylic acids is 6. The number of aliphatic carboxylic acids is 6. The fourth-order valence-corrected chi connectivity index (χ4v) is 0.826. The SMILES string of the molecule is NC(CC(=O)O)C(=O)O.NC(CC(=O)O)C(=O)O.NC(CC(=O)O)C(=O)O.[Fe].[Fe]. The standard InChI is InChI=1S/3C4H7NO4.2Fe/c3*5-2(4(8)9)1-3(6)7;;/h3*2H,1,5H2,(H,6,7)(H,8,9);;. The molecule has 0 aliphatic heterocycles. The Morgan fingerprint density at radius 1 is 0.483 bits per heavy atom. The maximum Gasteiger partial charge on any atom is 0.321 e. The first-order valence-electron chi connectivity index (χ1n) is 6.72. The molecule has 3 atom stereocenters. The van der Waals surface area contributed by atoms with Crippen molar-refractivity contribution in [2.75, 3.05) is 0 Å². The molecule has 29 heavy (non-hydrogen) atoms. The fraction of sp³-hybridized carbons (Fsp3) is 0.500.